The molecule has 25 heavy (non-hydrogen) atoms. The molecule has 5 nitrogen and oxygen atoms in total. The predicted molar refractivity (Wildman–Crippen MR) is 100 cm³/mol. The minimum atomic E-state index is -0.500. The summed E-state index contributed by atoms with van der Waals surface area (Å²) in [5.41, 5.74) is 2.65. The zero-order chi connectivity index (χ0) is 17.8. The van der Waals surface area contributed by atoms with Crippen LogP contribution >= 0.6 is 12.2 Å². The Morgan fingerprint density at radius 2 is 1.88 bits per heavy atom. The number of benzene rings is 1. The molecule has 2 amide bonds. The maximum Gasteiger partial charge on any atom is 0.265 e. The van der Waals surface area contributed by atoms with Gasteiger partial charge in [0, 0.05) is 18.9 Å². The summed E-state index contributed by atoms with van der Waals surface area (Å²) in [7, 11) is 0. The average Bonchev–Trinajstić information content (AvgIpc) is 2.63. The van der Waals surface area contributed by atoms with Crippen LogP contribution in [0.5, 0.6) is 0 Å². The fraction of sp³-hybridized carbons (Fsp3) is 0.0526. The molecule has 1 aromatic carbocycles. The number of aromatic nitrogens is 1. The van der Waals surface area contributed by atoms with Gasteiger partial charge in [-0.15, -0.1) is 6.58 Å². The molecule has 3 rings (SSSR count). The minimum Gasteiger partial charge on any atom is -0.298 e. The number of nitrogens with one attached hydrogen (secondary N) is 1. The van der Waals surface area contributed by atoms with Gasteiger partial charge in [-0.05, 0) is 47.1 Å². The molecule has 0 aliphatic carbocycles. The zero-order valence-corrected chi connectivity index (χ0v) is 14.1. The maximum absolute atomic E-state index is 12.6. The smallest absolute Gasteiger partial charge is 0.265 e. The molecule has 1 aromatic heterocycles. The molecule has 1 N–H and O–H groups in total. The van der Waals surface area contributed by atoms with Crippen molar-refractivity contribution in [3.63, 3.8) is 0 Å². The van der Waals surface area contributed by atoms with Crippen molar-refractivity contribution in [2.24, 2.45) is 0 Å². The van der Waals surface area contributed by atoms with Crippen molar-refractivity contribution in [2.75, 3.05) is 6.54 Å². The highest BCUT2D eigenvalue weighted by atomic mass is 32.1. The molecule has 124 valence electrons. The largest absolute Gasteiger partial charge is 0.298 e. The topological polar surface area (TPSA) is 62.3 Å². The summed E-state index contributed by atoms with van der Waals surface area (Å²) in [6.07, 6.45) is 6.54. The Bertz CT molecular complexity index is 891. The van der Waals surface area contributed by atoms with Crippen molar-refractivity contribution in [3.05, 3.63) is 72.6 Å². The Hall–Kier alpha value is -3.12. The molecule has 1 aliphatic heterocycles. The van der Waals surface area contributed by atoms with Crippen LogP contribution < -0.4 is 5.32 Å². The van der Waals surface area contributed by atoms with Crippen LogP contribution in [0.4, 0.5) is 0 Å². The summed E-state index contributed by atoms with van der Waals surface area (Å²) in [4.78, 5) is 30.2. The second-order valence-electron chi connectivity index (χ2n) is 5.34. The molecule has 6 heteroatoms. The van der Waals surface area contributed by atoms with Gasteiger partial charge in [0.2, 0.25) is 0 Å². The Morgan fingerprint density at radius 3 is 2.60 bits per heavy atom. The molecule has 2 aromatic rings. The Morgan fingerprint density at radius 1 is 1.16 bits per heavy atom. The third-order valence-corrected chi connectivity index (χ3v) is 4.07. The molecule has 0 bridgehead atoms. The van der Waals surface area contributed by atoms with E-state index in [1.807, 2.05) is 36.4 Å². The first-order valence-corrected chi connectivity index (χ1v) is 8.02. The highest BCUT2D eigenvalue weighted by Gasteiger charge is 2.32. The number of thiocarbonyl (C=S) groups is 1. The van der Waals surface area contributed by atoms with Crippen molar-refractivity contribution in [3.8, 4) is 11.1 Å². The molecule has 2 heterocycles. The maximum atomic E-state index is 12.6. The molecule has 1 aliphatic rings. The number of carbonyl (C=O) groups is 2. The second-order valence-corrected chi connectivity index (χ2v) is 5.73. The Kier molecular flexibility index (Phi) is 4.81. The van der Waals surface area contributed by atoms with Gasteiger partial charge in [0.1, 0.15) is 5.57 Å². The standard InChI is InChI=1S/C19H15N3O2S/c1-2-11-22-18(24)16(17(23)21-19(22)25)12-14-5-3-4-6-15(14)13-7-9-20-10-8-13/h2-10,12H,1,11H2,(H,21,23,25). The molecular formula is C19H15N3O2S. The van der Waals surface area contributed by atoms with E-state index < -0.39 is 11.8 Å². The van der Waals surface area contributed by atoms with Crippen LogP contribution in [0.1, 0.15) is 5.56 Å². The van der Waals surface area contributed by atoms with E-state index in [9.17, 15) is 9.59 Å². The summed E-state index contributed by atoms with van der Waals surface area (Å²) in [6, 6.07) is 11.3. The highest BCUT2D eigenvalue weighted by molar-refractivity contribution is 7.80. The number of pyridine rings is 1. The van der Waals surface area contributed by atoms with Crippen molar-refractivity contribution < 1.29 is 9.59 Å². The molecular weight excluding hydrogens is 334 g/mol. The van der Waals surface area contributed by atoms with Crippen LogP contribution in [0.3, 0.4) is 0 Å². The first-order valence-electron chi connectivity index (χ1n) is 7.61. The van der Waals surface area contributed by atoms with E-state index in [1.54, 1.807) is 24.5 Å². The SMILES string of the molecule is C=CCN1C(=O)C(=Cc2ccccc2-c2ccncc2)C(=O)NC1=S. The molecule has 0 radical (unpaired) electrons. The lowest BCUT2D eigenvalue weighted by atomic mass is 9.98. The first-order chi connectivity index (χ1) is 12.1. The van der Waals surface area contributed by atoms with Crippen LogP contribution in [0, 0.1) is 0 Å². The fourth-order valence-corrected chi connectivity index (χ4v) is 2.81. The van der Waals surface area contributed by atoms with Gasteiger partial charge in [0.15, 0.2) is 5.11 Å². The average molecular weight is 349 g/mol. The van der Waals surface area contributed by atoms with Crippen molar-refractivity contribution in [1.29, 1.82) is 0 Å². The van der Waals surface area contributed by atoms with Gasteiger partial charge in [-0.25, -0.2) is 0 Å². The van der Waals surface area contributed by atoms with Gasteiger partial charge in [-0.2, -0.15) is 0 Å². The van der Waals surface area contributed by atoms with Gasteiger partial charge in [-0.3, -0.25) is 24.8 Å². The lowest BCUT2D eigenvalue weighted by Crippen LogP contribution is -2.53. The van der Waals surface area contributed by atoms with E-state index in [4.69, 9.17) is 12.2 Å². The number of nitrogens with zero attached hydrogens (tertiary/aromatic N) is 2. The van der Waals surface area contributed by atoms with Gasteiger partial charge in [0.25, 0.3) is 11.8 Å². The third-order valence-electron chi connectivity index (χ3n) is 3.75. The van der Waals surface area contributed by atoms with E-state index in [1.165, 1.54) is 4.90 Å². The molecule has 1 fully saturated rings. The number of hydrogen-bond acceptors (Lipinski definition) is 4. The molecule has 0 unspecified atom stereocenters. The predicted octanol–water partition coefficient (Wildman–Crippen LogP) is 2.56. The van der Waals surface area contributed by atoms with E-state index in [2.05, 4.69) is 16.9 Å². The van der Waals surface area contributed by atoms with Crippen LogP contribution in [0.15, 0.2) is 67.0 Å². The van der Waals surface area contributed by atoms with Crippen LogP contribution in [0.25, 0.3) is 17.2 Å². The number of amides is 2. The molecule has 1 saturated heterocycles. The van der Waals surface area contributed by atoms with Crippen molar-refractivity contribution >= 4 is 35.2 Å². The highest BCUT2D eigenvalue weighted by Crippen LogP contribution is 2.26. The monoisotopic (exact) mass is 349 g/mol. The summed E-state index contributed by atoms with van der Waals surface area (Å²) >= 11 is 5.06. The first kappa shape index (κ1) is 16.7. The lowest BCUT2D eigenvalue weighted by molar-refractivity contribution is -0.128. The van der Waals surface area contributed by atoms with Crippen molar-refractivity contribution in [2.45, 2.75) is 0 Å². The normalized spacial score (nSPS) is 16.1. The van der Waals surface area contributed by atoms with E-state index in [0.717, 1.165) is 16.7 Å². The second kappa shape index (κ2) is 7.19. The lowest BCUT2D eigenvalue weighted by Gasteiger charge is -2.27. The number of hydrogen-bond donors (Lipinski definition) is 1. The molecule has 0 spiro atoms. The quantitative estimate of drug-likeness (QED) is 0.399. The van der Waals surface area contributed by atoms with Crippen LogP contribution in [-0.2, 0) is 9.59 Å². The zero-order valence-electron chi connectivity index (χ0n) is 13.3. The van der Waals surface area contributed by atoms with E-state index in [-0.39, 0.29) is 17.2 Å². The van der Waals surface area contributed by atoms with Gasteiger partial charge < -0.3 is 0 Å². The van der Waals surface area contributed by atoms with Crippen LogP contribution in [-0.4, -0.2) is 33.4 Å². The Balaban J connectivity index is 2.06. The molecule has 0 atom stereocenters. The van der Waals surface area contributed by atoms with Gasteiger partial charge >= 0.3 is 0 Å². The summed E-state index contributed by atoms with van der Waals surface area (Å²) in [6.45, 7) is 3.85. The molecule has 0 saturated carbocycles. The van der Waals surface area contributed by atoms with E-state index >= 15 is 0 Å². The number of carbonyl (C=O) groups excluding carboxylic acids is 2. The summed E-state index contributed by atoms with van der Waals surface area (Å²) in [5, 5.41) is 2.64. The third kappa shape index (κ3) is 3.39. The minimum absolute atomic E-state index is 0.0388. The summed E-state index contributed by atoms with van der Waals surface area (Å²) < 4.78 is 0. The van der Waals surface area contributed by atoms with E-state index in [0.29, 0.717) is 0 Å². The van der Waals surface area contributed by atoms with Crippen LogP contribution in [0.2, 0.25) is 0 Å². The van der Waals surface area contributed by atoms with Crippen molar-refractivity contribution in [1.82, 2.24) is 15.2 Å². The fourth-order valence-electron chi connectivity index (χ4n) is 2.56. The van der Waals surface area contributed by atoms with Gasteiger partial charge in [-0.1, -0.05) is 30.3 Å². The number of rotatable bonds is 4. The summed E-state index contributed by atoms with van der Waals surface area (Å²) in [5.74, 6) is -0.932. The Labute approximate surface area is 150 Å². The van der Waals surface area contributed by atoms with Gasteiger partial charge in [0.05, 0.1) is 0 Å².